The Morgan fingerprint density at radius 3 is 2.50 bits per heavy atom. The zero-order valence-corrected chi connectivity index (χ0v) is 11.3. The first-order valence-electron chi connectivity index (χ1n) is 5.87. The molecule has 1 heterocycles. The Hall–Kier alpha value is -1.61. The molecule has 0 saturated carbocycles. The van der Waals surface area contributed by atoms with Crippen LogP contribution in [0.15, 0.2) is 64.2 Å². The predicted octanol–water partition coefficient (Wildman–Crippen LogP) is 4.31. The van der Waals surface area contributed by atoms with E-state index in [-0.39, 0.29) is 6.10 Å². The van der Waals surface area contributed by atoms with Crippen molar-refractivity contribution in [2.45, 2.75) is 12.5 Å². The Morgan fingerprint density at radius 1 is 1.00 bits per heavy atom. The van der Waals surface area contributed by atoms with Crippen molar-refractivity contribution in [2.75, 3.05) is 0 Å². The smallest absolute Gasteiger partial charge is 0.158 e. The second-order valence-electron chi connectivity index (χ2n) is 4.23. The van der Waals surface area contributed by atoms with E-state index in [4.69, 9.17) is 4.84 Å². The molecule has 0 aromatic heterocycles. The van der Waals surface area contributed by atoms with Gasteiger partial charge < -0.3 is 4.84 Å². The largest absolute Gasteiger partial charge is 0.387 e. The maximum Gasteiger partial charge on any atom is 0.158 e. The Bertz CT molecular complexity index is 580. The molecule has 18 heavy (non-hydrogen) atoms. The van der Waals surface area contributed by atoms with Gasteiger partial charge in [0.05, 0.1) is 5.71 Å². The van der Waals surface area contributed by atoms with Crippen LogP contribution < -0.4 is 0 Å². The predicted molar refractivity (Wildman–Crippen MR) is 75.6 cm³/mol. The van der Waals surface area contributed by atoms with Crippen molar-refractivity contribution in [3.8, 4) is 0 Å². The zero-order valence-electron chi connectivity index (χ0n) is 9.71. The molecule has 2 aromatic carbocycles. The molecule has 1 atom stereocenters. The molecule has 0 aliphatic carbocycles. The number of nitrogens with zero attached hydrogens (tertiary/aromatic N) is 1. The van der Waals surface area contributed by atoms with E-state index in [2.05, 4.69) is 39.3 Å². The van der Waals surface area contributed by atoms with E-state index < -0.39 is 0 Å². The summed E-state index contributed by atoms with van der Waals surface area (Å²) in [6.07, 6.45) is 0.848. The summed E-state index contributed by atoms with van der Waals surface area (Å²) in [5, 5.41) is 4.21. The highest BCUT2D eigenvalue weighted by Gasteiger charge is 2.24. The van der Waals surface area contributed by atoms with Crippen molar-refractivity contribution in [1.29, 1.82) is 0 Å². The third kappa shape index (κ3) is 2.18. The molecule has 2 nitrogen and oxygen atoms in total. The normalized spacial score (nSPS) is 18.3. The first-order valence-corrected chi connectivity index (χ1v) is 6.66. The van der Waals surface area contributed by atoms with Crippen LogP contribution in [0, 0.1) is 0 Å². The molecule has 90 valence electrons. The van der Waals surface area contributed by atoms with Crippen molar-refractivity contribution in [1.82, 2.24) is 0 Å². The number of halogens is 1. The van der Waals surface area contributed by atoms with Crippen LogP contribution >= 0.6 is 15.9 Å². The minimum atomic E-state index is 0.0355. The molecule has 0 bridgehead atoms. The lowest BCUT2D eigenvalue weighted by molar-refractivity contribution is 0.0857. The van der Waals surface area contributed by atoms with Crippen LogP contribution in [0.25, 0.3) is 0 Å². The molecule has 0 spiro atoms. The highest BCUT2D eigenvalue weighted by Crippen LogP contribution is 2.31. The fourth-order valence-electron chi connectivity index (χ4n) is 2.08. The molecular weight excluding hydrogens is 290 g/mol. The van der Waals surface area contributed by atoms with Gasteiger partial charge in [0, 0.05) is 16.5 Å². The number of benzene rings is 2. The molecular formula is C15H12BrNO. The van der Waals surface area contributed by atoms with Gasteiger partial charge >= 0.3 is 0 Å². The van der Waals surface area contributed by atoms with Crippen LogP contribution in [0.3, 0.4) is 0 Å². The van der Waals surface area contributed by atoms with Crippen molar-refractivity contribution in [3.63, 3.8) is 0 Å². The zero-order chi connectivity index (χ0) is 12.4. The molecule has 0 saturated heterocycles. The summed E-state index contributed by atoms with van der Waals surface area (Å²) in [6.45, 7) is 0. The second kappa shape index (κ2) is 4.94. The Morgan fingerprint density at radius 2 is 1.72 bits per heavy atom. The van der Waals surface area contributed by atoms with Crippen molar-refractivity contribution in [2.24, 2.45) is 5.16 Å². The molecule has 0 N–H and O–H groups in total. The van der Waals surface area contributed by atoms with Gasteiger partial charge in [-0.15, -0.1) is 0 Å². The van der Waals surface area contributed by atoms with E-state index >= 15 is 0 Å². The number of hydrogen-bond acceptors (Lipinski definition) is 2. The van der Waals surface area contributed by atoms with Gasteiger partial charge in [0.2, 0.25) is 0 Å². The first-order chi connectivity index (χ1) is 8.84. The summed E-state index contributed by atoms with van der Waals surface area (Å²) in [6, 6.07) is 18.3. The van der Waals surface area contributed by atoms with E-state index in [1.807, 2.05) is 36.4 Å². The molecule has 3 heteroatoms. The van der Waals surface area contributed by atoms with Crippen molar-refractivity contribution >= 4 is 21.6 Å². The van der Waals surface area contributed by atoms with Crippen LogP contribution in [-0.2, 0) is 4.84 Å². The Labute approximate surface area is 114 Å². The van der Waals surface area contributed by atoms with Gasteiger partial charge in [0.25, 0.3) is 0 Å². The van der Waals surface area contributed by atoms with Crippen LogP contribution in [0.5, 0.6) is 0 Å². The molecule has 1 aliphatic heterocycles. The van der Waals surface area contributed by atoms with Crippen molar-refractivity contribution < 1.29 is 4.84 Å². The van der Waals surface area contributed by atoms with E-state index in [0.717, 1.165) is 22.2 Å². The Balaban J connectivity index is 1.82. The van der Waals surface area contributed by atoms with Gasteiger partial charge in [-0.25, -0.2) is 0 Å². The SMILES string of the molecule is Brc1ccccc1C1=NOC(c2ccccc2)C1. The standard InChI is InChI=1S/C15H12BrNO/c16-13-9-5-4-8-12(13)14-10-15(18-17-14)11-6-2-1-3-7-11/h1-9,15H,10H2. The topological polar surface area (TPSA) is 21.6 Å². The van der Waals surface area contributed by atoms with Gasteiger partial charge in [-0.1, -0.05) is 69.6 Å². The summed E-state index contributed by atoms with van der Waals surface area (Å²) < 4.78 is 1.06. The fraction of sp³-hybridized carbons (Fsp3) is 0.133. The van der Waals surface area contributed by atoms with Gasteiger partial charge in [0.1, 0.15) is 0 Å². The van der Waals surface area contributed by atoms with Crippen LogP contribution in [0.1, 0.15) is 23.7 Å². The number of hydrogen-bond donors (Lipinski definition) is 0. The van der Waals surface area contributed by atoms with E-state index in [9.17, 15) is 0 Å². The Kier molecular flexibility index (Phi) is 3.15. The van der Waals surface area contributed by atoms with Crippen LogP contribution in [0.4, 0.5) is 0 Å². The minimum absolute atomic E-state index is 0.0355. The molecule has 0 fully saturated rings. The molecule has 1 aliphatic rings. The van der Waals surface area contributed by atoms with Crippen LogP contribution in [0.2, 0.25) is 0 Å². The second-order valence-corrected chi connectivity index (χ2v) is 5.08. The third-order valence-electron chi connectivity index (χ3n) is 3.02. The monoisotopic (exact) mass is 301 g/mol. The third-order valence-corrected chi connectivity index (χ3v) is 3.72. The lowest BCUT2D eigenvalue weighted by Crippen LogP contribution is -2.02. The van der Waals surface area contributed by atoms with Gasteiger partial charge in [-0.05, 0) is 11.6 Å². The van der Waals surface area contributed by atoms with Crippen LogP contribution in [-0.4, -0.2) is 5.71 Å². The van der Waals surface area contributed by atoms with E-state index in [1.54, 1.807) is 0 Å². The molecule has 3 rings (SSSR count). The van der Waals surface area contributed by atoms with Crippen molar-refractivity contribution in [3.05, 3.63) is 70.2 Å². The van der Waals surface area contributed by atoms with E-state index in [0.29, 0.717) is 0 Å². The maximum absolute atomic E-state index is 5.53. The van der Waals surface area contributed by atoms with Gasteiger partial charge in [-0.2, -0.15) is 0 Å². The average molecular weight is 302 g/mol. The van der Waals surface area contributed by atoms with E-state index in [1.165, 1.54) is 5.56 Å². The summed E-state index contributed by atoms with van der Waals surface area (Å²) in [5.74, 6) is 0. The molecule has 0 amide bonds. The fourth-order valence-corrected chi connectivity index (χ4v) is 2.59. The lowest BCUT2D eigenvalue weighted by Gasteiger charge is -2.07. The molecule has 0 radical (unpaired) electrons. The highest BCUT2D eigenvalue weighted by atomic mass is 79.9. The maximum atomic E-state index is 5.53. The summed E-state index contributed by atoms with van der Waals surface area (Å²) in [7, 11) is 0. The summed E-state index contributed by atoms with van der Waals surface area (Å²) >= 11 is 3.55. The number of oxime groups is 1. The lowest BCUT2D eigenvalue weighted by atomic mass is 10.0. The van der Waals surface area contributed by atoms with Gasteiger partial charge in [0.15, 0.2) is 6.10 Å². The first kappa shape index (κ1) is 11.5. The van der Waals surface area contributed by atoms with Gasteiger partial charge in [-0.3, -0.25) is 0 Å². The number of rotatable bonds is 2. The average Bonchev–Trinajstić information content (AvgIpc) is 2.90. The summed E-state index contributed by atoms with van der Waals surface area (Å²) in [4.78, 5) is 5.53. The molecule has 1 unspecified atom stereocenters. The summed E-state index contributed by atoms with van der Waals surface area (Å²) in [5.41, 5.74) is 3.27. The highest BCUT2D eigenvalue weighted by molar-refractivity contribution is 9.10. The molecule has 2 aromatic rings. The minimum Gasteiger partial charge on any atom is -0.387 e. The quantitative estimate of drug-likeness (QED) is 0.810.